The van der Waals surface area contributed by atoms with Gasteiger partial charge in [-0.15, -0.1) is 0 Å². The van der Waals surface area contributed by atoms with Gasteiger partial charge < -0.3 is 4.74 Å². The Kier molecular flexibility index (Phi) is 6.27. The smallest absolute Gasteiger partial charge is 0.335 e. The molecule has 0 radical (unpaired) electrons. The number of halogens is 1. The van der Waals surface area contributed by atoms with Crippen LogP contribution >= 0.6 is 11.6 Å². The fraction of sp³-hybridized carbons (Fsp3) is 0.0690. The average molecular weight is 497 g/mol. The molecule has 0 spiro atoms. The Morgan fingerprint density at radius 2 is 1.61 bits per heavy atom. The van der Waals surface area contributed by atoms with Gasteiger partial charge in [0, 0.05) is 5.56 Å². The van der Waals surface area contributed by atoms with E-state index in [1.54, 1.807) is 24.3 Å². The molecule has 178 valence electrons. The molecule has 4 aromatic carbocycles. The monoisotopic (exact) mass is 496 g/mol. The number of para-hydroxylation sites is 1. The normalized spacial score (nSPS) is 14.9. The van der Waals surface area contributed by atoms with E-state index in [0.717, 1.165) is 26.8 Å². The van der Waals surface area contributed by atoms with E-state index < -0.39 is 17.8 Å². The largest absolute Gasteiger partial charge is 0.488 e. The van der Waals surface area contributed by atoms with Gasteiger partial charge in [0.05, 0.1) is 10.7 Å². The number of nitrogens with zero attached hydrogens (tertiary/aromatic N) is 1. The van der Waals surface area contributed by atoms with Gasteiger partial charge in [-0.1, -0.05) is 83.9 Å². The summed E-state index contributed by atoms with van der Waals surface area (Å²) >= 11 is 6.25. The Labute approximate surface area is 212 Å². The van der Waals surface area contributed by atoms with Crippen LogP contribution in [0.25, 0.3) is 16.8 Å². The highest BCUT2D eigenvalue weighted by atomic mass is 35.5. The van der Waals surface area contributed by atoms with Crippen molar-refractivity contribution >= 4 is 52.0 Å². The molecule has 1 fully saturated rings. The summed E-state index contributed by atoms with van der Waals surface area (Å²) in [5.74, 6) is -1.05. The first-order valence-electron chi connectivity index (χ1n) is 11.3. The topological polar surface area (TPSA) is 75.7 Å². The summed E-state index contributed by atoms with van der Waals surface area (Å²) in [6.45, 7) is 2.32. The standard InChI is InChI=1S/C29H21ClN2O4/c1-18-10-12-19(13-11-18)17-36-26-15-14-20-6-2-3-7-21(20)22(26)16-23-27(33)31-29(35)32(28(23)34)25-9-5-4-8-24(25)30/h2-16H,17H2,1H3,(H,31,33,35)/b23-16+. The number of hydrogen-bond donors (Lipinski definition) is 1. The number of nitrogens with one attached hydrogen (secondary N) is 1. The lowest BCUT2D eigenvalue weighted by Crippen LogP contribution is -2.54. The summed E-state index contributed by atoms with van der Waals surface area (Å²) in [4.78, 5) is 39.7. The Morgan fingerprint density at radius 1 is 0.889 bits per heavy atom. The number of carbonyl (C=O) groups is 3. The van der Waals surface area contributed by atoms with Crippen molar-refractivity contribution in [3.63, 3.8) is 0 Å². The molecule has 4 aromatic rings. The first kappa shape index (κ1) is 23.3. The highest BCUT2D eigenvalue weighted by molar-refractivity contribution is 6.42. The zero-order valence-electron chi connectivity index (χ0n) is 19.3. The maximum absolute atomic E-state index is 13.4. The number of amides is 4. The number of benzene rings is 4. The third-order valence-corrected chi connectivity index (χ3v) is 6.25. The fourth-order valence-electron chi connectivity index (χ4n) is 4.05. The Morgan fingerprint density at radius 3 is 2.39 bits per heavy atom. The molecule has 6 nitrogen and oxygen atoms in total. The molecule has 0 aromatic heterocycles. The van der Waals surface area contributed by atoms with Gasteiger partial charge in [-0.3, -0.25) is 14.9 Å². The van der Waals surface area contributed by atoms with Crippen LogP contribution in [0.4, 0.5) is 10.5 Å². The van der Waals surface area contributed by atoms with Crippen molar-refractivity contribution in [2.24, 2.45) is 0 Å². The molecule has 0 unspecified atom stereocenters. The lowest BCUT2D eigenvalue weighted by molar-refractivity contribution is -0.122. The van der Waals surface area contributed by atoms with Gasteiger partial charge in [0.15, 0.2) is 0 Å². The number of imide groups is 2. The Hall–Kier alpha value is -4.42. The van der Waals surface area contributed by atoms with Crippen LogP contribution in [0, 0.1) is 6.92 Å². The minimum atomic E-state index is -0.857. The van der Waals surface area contributed by atoms with Crippen LogP contribution in [0.5, 0.6) is 5.75 Å². The predicted molar refractivity (Wildman–Crippen MR) is 140 cm³/mol. The minimum absolute atomic E-state index is 0.189. The number of aryl methyl sites for hydroxylation is 1. The van der Waals surface area contributed by atoms with Gasteiger partial charge in [-0.05, 0) is 47.5 Å². The quantitative estimate of drug-likeness (QED) is 0.270. The SMILES string of the molecule is Cc1ccc(COc2ccc3ccccc3c2/C=C2\C(=O)NC(=O)N(c3ccccc3Cl)C2=O)cc1. The molecule has 1 aliphatic heterocycles. The molecule has 5 rings (SSSR count). The molecule has 1 N–H and O–H groups in total. The van der Waals surface area contributed by atoms with Crippen LogP contribution in [-0.4, -0.2) is 17.8 Å². The van der Waals surface area contributed by atoms with Gasteiger partial charge >= 0.3 is 6.03 Å². The van der Waals surface area contributed by atoms with E-state index in [1.807, 2.05) is 67.6 Å². The van der Waals surface area contributed by atoms with E-state index in [4.69, 9.17) is 16.3 Å². The fourth-order valence-corrected chi connectivity index (χ4v) is 4.27. The van der Waals surface area contributed by atoms with Crippen molar-refractivity contribution < 1.29 is 19.1 Å². The molecule has 0 aliphatic carbocycles. The second kappa shape index (κ2) is 9.68. The molecule has 4 amide bonds. The minimum Gasteiger partial charge on any atom is -0.488 e. The van der Waals surface area contributed by atoms with E-state index in [-0.39, 0.29) is 16.3 Å². The number of urea groups is 1. The van der Waals surface area contributed by atoms with E-state index in [9.17, 15) is 14.4 Å². The van der Waals surface area contributed by atoms with Gasteiger partial charge in [0.1, 0.15) is 17.9 Å². The molecule has 1 aliphatic rings. The molecule has 7 heteroatoms. The van der Waals surface area contributed by atoms with Crippen molar-refractivity contribution in [3.8, 4) is 5.75 Å². The maximum Gasteiger partial charge on any atom is 0.335 e. The molecule has 1 heterocycles. The summed E-state index contributed by atoms with van der Waals surface area (Å²) in [5.41, 5.74) is 2.68. The van der Waals surface area contributed by atoms with Crippen LogP contribution in [0.3, 0.4) is 0 Å². The molecule has 0 saturated carbocycles. The highest BCUT2D eigenvalue weighted by Gasteiger charge is 2.38. The van der Waals surface area contributed by atoms with Crippen LogP contribution < -0.4 is 15.0 Å². The first-order chi connectivity index (χ1) is 17.4. The maximum atomic E-state index is 13.4. The van der Waals surface area contributed by atoms with Gasteiger partial charge in [-0.25, -0.2) is 9.69 Å². The van der Waals surface area contributed by atoms with Crippen molar-refractivity contribution in [1.29, 1.82) is 0 Å². The number of anilines is 1. The molecule has 0 bridgehead atoms. The Balaban J connectivity index is 1.59. The molecular formula is C29H21ClN2O4. The third kappa shape index (κ3) is 4.46. The number of carbonyl (C=O) groups excluding carboxylic acids is 3. The van der Waals surface area contributed by atoms with Gasteiger partial charge in [0.2, 0.25) is 0 Å². The summed E-state index contributed by atoms with van der Waals surface area (Å²) < 4.78 is 6.15. The second-order valence-corrected chi connectivity index (χ2v) is 8.79. The van der Waals surface area contributed by atoms with Crippen molar-refractivity contribution in [2.45, 2.75) is 13.5 Å². The average Bonchev–Trinajstić information content (AvgIpc) is 2.87. The zero-order valence-corrected chi connectivity index (χ0v) is 20.1. The lowest BCUT2D eigenvalue weighted by atomic mass is 9.99. The summed E-state index contributed by atoms with van der Waals surface area (Å²) in [6, 6.07) is 24.9. The number of rotatable bonds is 5. The number of barbiturate groups is 1. The second-order valence-electron chi connectivity index (χ2n) is 8.38. The molecule has 36 heavy (non-hydrogen) atoms. The molecule has 0 atom stereocenters. The van der Waals surface area contributed by atoms with Crippen molar-refractivity contribution in [1.82, 2.24) is 5.32 Å². The third-order valence-electron chi connectivity index (χ3n) is 5.93. The number of hydrogen-bond acceptors (Lipinski definition) is 4. The van der Waals surface area contributed by atoms with Crippen molar-refractivity contribution in [3.05, 3.63) is 112 Å². The van der Waals surface area contributed by atoms with Crippen LogP contribution in [-0.2, 0) is 16.2 Å². The van der Waals surface area contributed by atoms with Crippen LogP contribution in [0.2, 0.25) is 5.02 Å². The van der Waals surface area contributed by atoms with E-state index in [2.05, 4.69) is 5.32 Å². The summed E-state index contributed by atoms with van der Waals surface area (Å²) in [7, 11) is 0. The van der Waals surface area contributed by atoms with Crippen LogP contribution in [0.15, 0.2) is 90.5 Å². The number of ether oxygens (including phenoxy) is 1. The van der Waals surface area contributed by atoms with E-state index in [1.165, 1.54) is 6.08 Å². The van der Waals surface area contributed by atoms with Gasteiger partial charge in [-0.2, -0.15) is 0 Å². The Bertz CT molecular complexity index is 1540. The zero-order chi connectivity index (χ0) is 25.2. The van der Waals surface area contributed by atoms with Gasteiger partial charge in [0.25, 0.3) is 11.8 Å². The summed E-state index contributed by atoms with van der Waals surface area (Å²) in [6.07, 6.45) is 1.47. The predicted octanol–water partition coefficient (Wildman–Crippen LogP) is 6.05. The lowest BCUT2D eigenvalue weighted by Gasteiger charge is -2.27. The number of fused-ring (bicyclic) bond motifs is 1. The van der Waals surface area contributed by atoms with Crippen LogP contribution in [0.1, 0.15) is 16.7 Å². The summed E-state index contributed by atoms with van der Waals surface area (Å²) in [5, 5.41) is 4.17. The molecule has 1 saturated heterocycles. The molecular weight excluding hydrogens is 476 g/mol. The highest BCUT2D eigenvalue weighted by Crippen LogP contribution is 2.33. The first-order valence-corrected chi connectivity index (χ1v) is 11.7. The van der Waals surface area contributed by atoms with Crippen molar-refractivity contribution in [2.75, 3.05) is 4.90 Å². The van der Waals surface area contributed by atoms with E-state index in [0.29, 0.717) is 17.9 Å². The van der Waals surface area contributed by atoms with E-state index >= 15 is 0 Å².